The molecule has 1 aromatic heterocycles. The van der Waals surface area contributed by atoms with E-state index in [9.17, 15) is 4.79 Å². The molecule has 4 heteroatoms. The summed E-state index contributed by atoms with van der Waals surface area (Å²) in [6.45, 7) is 2.20. The second-order valence-electron chi connectivity index (χ2n) is 6.72. The minimum absolute atomic E-state index is 0.0466. The van der Waals surface area contributed by atoms with Gasteiger partial charge in [0, 0.05) is 18.0 Å². The third-order valence-corrected chi connectivity index (χ3v) is 4.56. The van der Waals surface area contributed by atoms with Gasteiger partial charge < -0.3 is 5.11 Å². The number of unbranched alkanes of at least 4 members (excludes halogenated alkanes) is 2. The van der Waals surface area contributed by atoms with Gasteiger partial charge in [-0.3, -0.25) is 4.79 Å². The van der Waals surface area contributed by atoms with Crippen molar-refractivity contribution in [3.8, 4) is 22.5 Å². The SMILES string of the molecule is CCCCCc1cnc(-c2ccc(-c3ccc(CC(=O)O)cc3)cc2)nc1. The minimum Gasteiger partial charge on any atom is -0.481 e. The number of carboxylic acids is 1. The molecule has 0 atom stereocenters. The fraction of sp³-hybridized carbons (Fsp3) is 0.261. The Morgan fingerprint density at radius 2 is 1.37 bits per heavy atom. The highest BCUT2D eigenvalue weighted by atomic mass is 16.4. The highest BCUT2D eigenvalue weighted by Gasteiger charge is 2.05. The highest BCUT2D eigenvalue weighted by molar-refractivity contribution is 5.72. The maximum Gasteiger partial charge on any atom is 0.307 e. The maximum absolute atomic E-state index is 10.8. The van der Waals surface area contributed by atoms with Gasteiger partial charge in [-0.25, -0.2) is 9.97 Å². The van der Waals surface area contributed by atoms with Gasteiger partial charge in [0.15, 0.2) is 5.82 Å². The molecule has 0 bridgehead atoms. The van der Waals surface area contributed by atoms with Crippen molar-refractivity contribution in [1.82, 2.24) is 9.97 Å². The average Bonchev–Trinajstić information content (AvgIpc) is 2.69. The number of carboxylic acid groups (broad SMARTS) is 1. The normalized spacial score (nSPS) is 10.7. The monoisotopic (exact) mass is 360 g/mol. The molecule has 0 amide bonds. The van der Waals surface area contributed by atoms with Crippen LogP contribution in [0.15, 0.2) is 60.9 Å². The zero-order valence-corrected chi connectivity index (χ0v) is 15.6. The Kier molecular flexibility index (Phi) is 6.31. The second kappa shape index (κ2) is 9.08. The first-order valence-corrected chi connectivity index (χ1v) is 9.38. The quantitative estimate of drug-likeness (QED) is 0.563. The third kappa shape index (κ3) is 5.23. The standard InChI is InChI=1S/C23H24N2O2/c1-2-3-4-5-18-15-24-23(25-16-18)21-12-10-20(11-13-21)19-8-6-17(7-9-19)14-22(26)27/h6-13,15-16H,2-5,14H2,1H3,(H,26,27). The molecule has 0 aliphatic heterocycles. The van der Waals surface area contributed by atoms with Crippen molar-refractivity contribution in [3.05, 3.63) is 72.1 Å². The van der Waals surface area contributed by atoms with E-state index in [0.29, 0.717) is 0 Å². The smallest absolute Gasteiger partial charge is 0.307 e. The van der Waals surface area contributed by atoms with Crippen LogP contribution in [-0.2, 0) is 17.6 Å². The first-order chi connectivity index (χ1) is 13.2. The Hall–Kier alpha value is -3.01. The van der Waals surface area contributed by atoms with E-state index >= 15 is 0 Å². The van der Waals surface area contributed by atoms with E-state index in [0.717, 1.165) is 34.5 Å². The van der Waals surface area contributed by atoms with E-state index in [-0.39, 0.29) is 6.42 Å². The molecule has 3 rings (SSSR count). The van der Waals surface area contributed by atoms with Crippen LogP contribution in [0.5, 0.6) is 0 Å². The van der Waals surface area contributed by atoms with E-state index in [4.69, 9.17) is 5.11 Å². The third-order valence-electron chi connectivity index (χ3n) is 4.56. The molecule has 0 aliphatic rings. The lowest BCUT2D eigenvalue weighted by Gasteiger charge is -2.06. The number of rotatable bonds is 8. The number of aliphatic carboxylic acids is 1. The molecule has 0 unspecified atom stereocenters. The minimum atomic E-state index is -0.816. The Labute approximate surface area is 159 Å². The van der Waals surface area contributed by atoms with Gasteiger partial charge in [-0.1, -0.05) is 68.3 Å². The predicted molar refractivity (Wildman–Crippen MR) is 107 cm³/mol. The molecule has 0 saturated carbocycles. The van der Waals surface area contributed by atoms with Gasteiger partial charge in [0.2, 0.25) is 0 Å². The van der Waals surface area contributed by atoms with Crippen molar-refractivity contribution < 1.29 is 9.90 Å². The lowest BCUT2D eigenvalue weighted by atomic mass is 10.0. The molecule has 2 aromatic carbocycles. The number of hydrogen-bond acceptors (Lipinski definition) is 3. The largest absolute Gasteiger partial charge is 0.481 e. The maximum atomic E-state index is 10.8. The van der Waals surface area contributed by atoms with Crippen molar-refractivity contribution in [2.75, 3.05) is 0 Å². The van der Waals surface area contributed by atoms with Crippen LogP contribution in [0.3, 0.4) is 0 Å². The van der Waals surface area contributed by atoms with Crippen LogP contribution in [0, 0.1) is 0 Å². The summed E-state index contributed by atoms with van der Waals surface area (Å²) in [6.07, 6.45) is 8.56. The van der Waals surface area contributed by atoms with Gasteiger partial charge in [0.1, 0.15) is 0 Å². The van der Waals surface area contributed by atoms with Gasteiger partial charge in [-0.2, -0.15) is 0 Å². The molecule has 0 aliphatic carbocycles. The summed E-state index contributed by atoms with van der Waals surface area (Å²) in [6, 6.07) is 15.7. The Morgan fingerprint density at radius 3 is 1.93 bits per heavy atom. The van der Waals surface area contributed by atoms with Crippen molar-refractivity contribution in [1.29, 1.82) is 0 Å². The summed E-state index contributed by atoms with van der Waals surface area (Å²) < 4.78 is 0. The van der Waals surface area contributed by atoms with Gasteiger partial charge in [0.25, 0.3) is 0 Å². The Bertz CT molecular complexity index is 870. The summed E-state index contributed by atoms with van der Waals surface area (Å²) >= 11 is 0. The fourth-order valence-corrected chi connectivity index (χ4v) is 3.01. The van der Waals surface area contributed by atoms with Crippen molar-refractivity contribution in [2.45, 2.75) is 39.0 Å². The Balaban J connectivity index is 1.68. The van der Waals surface area contributed by atoms with Crippen molar-refractivity contribution >= 4 is 5.97 Å². The highest BCUT2D eigenvalue weighted by Crippen LogP contribution is 2.23. The van der Waals surface area contributed by atoms with Crippen molar-refractivity contribution in [2.24, 2.45) is 0 Å². The number of aromatic nitrogens is 2. The molecule has 0 radical (unpaired) electrons. The number of benzene rings is 2. The topological polar surface area (TPSA) is 63.1 Å². The van der Waals surface area contributed by atoms with E-state index in [1.54, 1.807) is 0 Å². The predicted octanol–water partition coefficient (Wildman–Crippen LogP) is 5.17. The number of nitrogens with zero attached hydrogens (tertiary/aromatic N) is 2. The molecular weight excluding hydrogens is 336 g/mol. The molecule has 0 fully saturated rings. The van der Waals surface area contributed by atoms with Crippen LogP contribution in [0.4, 0.5) is 0 Å². The van der Waals surface area contributed by atoms with Crippen LogP contribution in [-0.4, -0.2) is 21.0 Å². The van der Waals surface area contributed by atoms with Crippen molar-refractivity contribution in [3.63, 3.8) is 0 Å². The average molecular weight is 360 g/mol. The number of aryl methyl sites for hydroxylation is 1. The summed E-state index contributed by atoms with van der Waals surface area (Å²) in [5.74, 6) is -0.0823. The lowest BCUT2D eigenvalue weighted by molar-refractivity contribution is -0.136. The van der Waals surface area contributed by atoms with E-state index in [1.807, 2.05) is 60.9 Å². The van der Waals surface area contributed by atoms with Crippen LogP contribution in [0.2, 0.25) is 0 Å². The number of carbonyl (C=O) groups is 1. The zero-order chi connectivity index (χ0) is 19.1. The molecular formula is C23H24N2O2. The second-order valence-corrected chi connectivity index (χ2v) is 6.72. The van der Waals surface area contributed by atoms with E-state index in [2.05, 4.69) is 16.9 Å². The molecule has 4 nitrogen and oxygen atoms in total. The van der Waals surface area contributed by atoms with Gasteiger partial charge >= 0.3 is 5.97 Å². The van der Waals surface area contributed by atoms with E-state index < -0.39 is 5.97 Å². The molecule has 0 saturated heterocycles. The molecule has 1 heterocycles. The fourth-order valence-electron chi connectivity index (χ4n) is 3.01. The molecule has 27 heavy (non-hydrogen) atoms. The lowest BCUT2D eigenvalue weighted by Crippen LogP contribution is -1.99. The van der Waals surface area contributed by atoms with Gasteiger partial charge in [-0.15, -0.1) is 0 Å². The summed E-state index contributed by atoms with van der Waals surface area (Å²) in [4.78, 5) is 19.8. The van der Waals surface area contributed by atoms with E-state index in [1.165, 1.54) is 24.8 Å². The molecule has 1 N–H and O–H groups in total. The summed E-state index contributed by atoms with van der Waals surface area (Å²) in [5.41, 5.74) is 5.11. The van der Waals surface area contributed by atoms with Gasteiger partial charge in [0.05, 0.1) is 6.42 Å². The van der Waals surface area contributed by atoms with Crippen LogP contribution < -0.4 is 0 Å². The van der Waals surface area contributed by atoms with Gasteiger partial charge in [-0.05, 0) is 35.1 Å². The summed E-state index contributed by atoms with van der Waals surface area (Å²) in [5, 5.41) is 8.85. The first kappa shape index (κ1) is 18.8. The molecule has 138 valence electrons. The first-order valence-electron chi connectivity index (χ1n) is 9.38. The number of hydrogen-bond donors (Lipinski definition) is 1. The molecule has 0 spiro atoms. The van der Waals surface area contributed by atoms with Crippen LogP contribution >= 0.6 is 0 Å². The van der Waals surface area contributed by atoms with Crippen LogP contribution in [0.1, 0.15) is 37.3 Å². The summed E-state index contributed by atoms with van der Waals surface area (Å²) in [7, 11) is 0. The van der Waals surface area contributed by atoms with Crippen LogP contribution in [0.25, 0.3) is 22.5 Å². The Morgan fingerprint density at radius 1 is 0.815 bits per heavy atom. The molecule has 3 aromatic rings. The zero-order valence-electron chi connectivity index (χ0n) is 15.6.